The van der Waals surface area contributed by atoms with Crippen molar-refractivity contribution >= 4 is 11.0 Å². The second kappa shape index (κ2) is 5.35. The zero-order chi connectivity index (χ0) is 13.9. The summed E-state index contributed by atoms with van der Waals surface area (Å²) in [4.78, 5) is 4.42. The Bertz CT molecular complexity index is 734. The first-order valence-electron chi connectivity index (χ1n) is 6.53. The molecule has 0 unspecified atom stereocenters. The van der Waals surface area contributed by atoms with E-state index in [2.05, 4.69) is 4.98 Å². The van der Waals surface area contributed by atoms with Crippen molar-refractivity contribution in [3.05, 3.63) is 59.6 Å². The van der Waals surface area contributed by atoms with Gasteiger partial charge in [0.15, 0.2) is 11.5 Å². The van der Waals surface area contributed by atoms with E-state index < -0.39 is 0 Å². The standard InChI is InChI=1S/C16H16N2O2/c1-11-5-4-6-12(18-11)10-19-16-13-7-2-3-8-14(13)20-15(16)9-17/h2-8H,9-10,17H2,1H3. The van der Waals surface area contributed by atoms with Gasteiger partial charge < -0.3 is 14.9 Å². The van der Waals surface area contributed by atoms with Gasteiger partial charge in [-0.3, -0.25) is 4.98 Å². The van der Waals surface area contributed by atoms with Crippen LogP contribution in [0.15, 0.2) is 46.9 Å². The van der Waals surface area contributed by atoms with E-state index >= 15 is 0 Å². The van der Waals surface area contributed by atoms with Gasteiger partial charge in [-0.2, -0.15) is 0 Å². The van der Waals surface area contributed by atoms with Crippen molar-refractivity contribution in [2.24, 2.45) is 5.73 Å². The molecule has 0 saturated heterocycles. The number of hydrogen-bond donors (Lipinski definition) is 1. The molecular weight excluding hydrogens is 252 g/mol. The van der Waals surface area contributed by atoms with Crippen molar-refractivity contribution in [3.63, 3.8) is 0 Å². The van der Waals surface area contributed by atoms with Crippen molar-refractivity contribution in [1.29, 1.82) is 0 Å². The minimum Gasteiger partial charge on any atom is -0.483 e. The van der Waals surface area contributed by atoms with Crippen molar-refractivity contribution in [2.75, 3.05) is 0 Å². The largest absolute Gasteiger partial charge is 0.483 e. The number of pyridine rings is 1. The van der Waals surface area contributed by atoms with Gasteiger partial charge in [-0.1, -0.05) is 18.2 Å². The molecule has 0 atom stereocenters. The lowest BCUT2D eigenvalue weighted by atomic mass is 10.2. The zero-order valence-corrected chi connectivity index (χ0v) is 11.3. The van der Waals surface area contributed by atoms with Crippen LogP contribution in [0.25, 0.3) is 11.0 Å². The van der Waals surface area contributed by atoms with E-state index in [1.165, 1.54) is 0 Å². The molecular formula is C16H16N2O2. The minimum atomic E-state index is 0.311. The Morgan fingerprint density at radius 1 is 1.15 bits per heavy atom. The fourth-order valence-corrected chi connectivity index (χ4v) is 2.19. The van der Waals surface area contributed by atoms with E-state index in [1.54, 1.807) is 0 Å². The molecule has 0 amide bonds. The fourth-order valence-electron chi connectivity index (χ4n) is 2.19. The van der Waals surface area contributed by atoms with Crippen LogP contribution in [0.1, 0.15) is 17.1 Å². The van der Waals surface area contributed by atoms with Gasteiger partial charge in [0, 0.05) is 5.69 Å². The molecule has 0 saturated carbocycles. The Morgan fingerprint density at radius 3 is 2.80 bits per heavy atom. The maximum atomic E-state index is 5.89. The number of para-hydroxylation sites is 1. The SMILES string of the molecule is Cc1cccc(COc2c(CN)oc3ccccc23)n1. The molecule has 2 N–H and O–H groups in total. The first-order chi connectivity index (χ1) is 9.78. The van der Waals surface area contributed by atoms with E-state index in [9.17, 15) is 0 Å². The highest BCUT2D eigenvalue weighted by molar-refractivity contribution is 5.85. The number of nitrogens with zero attached hydrogens (tertiary/aromatic N) is 1. The number of fused-ring (bicyclic) bond motifs is 1. The van der Waals surface area contributed by atoms with Gasteiger partial charge in [-0.25, -0.2) is 0 Å². The Hall–Kier alpha value is -2.33. The molecule has 0 aliphatic carbocycles. The highest BCUT2D eigenvalue weighted by atomic mass is 16.5. The molecule has 4 heteroatoms. The van der Waals surface area contributed by atoms with Gasteiger partial charge in [0.05, 0.1) is 17.6 Å². The number of aromatic nitrogens is 1. The molecule has 0 radical (unpaired) electrons. The summed E-state index contributed by atoms with van der Waals surface area (Å²) in [5, 5.41) is 0.945. The van der Waals surface area contributed by atoms with Crippen LogP contribution in [0.3, 0.4) is 0 Å². The van der Waals surface area contributed by atoms with Crippen LogP contribution in [0.4, 0.5) is 0 Å². The van der Waals surface area contributed by atoms with Crippen LogP contribution in [0, 0.1) is 6.92 Å². The quantitative estimate of drug-likeness (QED) is 0.789. The topological polar surface area (TPSA) is 61.3 Å². The highest BCUT2D eigenvalue weighted by Gasteiger charge is 2.14. The molecule has 0 bridgehead atoms. The van der Waals surface area contributed by atoms with Crippen molar-refractivity contribution in [1.82, 2.24) is 4.98 Å². The Balaban J connectivity index is 1.90. The lowest BCUT2D eigenvalue weighted by Gasteiger charge is -2.06. The smallest absolute Gasteiger partial charge is 0.170 e. The average Bonchev–Trinajstić information content (AvgIpc) is 2.83. The predicted octanol–water partition coefficient (Wildman–Crippen LogP) is 3.17. The van der Waals surface area contributed by atoms with E-state index in [0.717, 1.165) is 22.4 Å². The second-order valence-electron chi connectivity index (χ2n) is 4.61. The third-order valence-electron chi connectivity index (χ3n) is 3.11. The summed E-state index contributed by atoms with van der Waals surface area (Å²) in [5.41, 5.74) is 8.37. The summed E-state index contributed by atoms with van der Waals surface area (Å²) in [6.07, 6.45) is 0. The Kier molecular flexibility index (Phi) is 3.39. The summed E-state index contributed by atoms with van der Waals surface area (Å²) < 4.78 is 11.6. The molecule has 3 aromatic rings. The number of nitrogens with two attached hydrogens (primary N) is 1. The van der Waals surface area contributed by atoms with Gasteiger partial charge in [0.25, 0.3) is 0 Å². The zero-order valence-electron chi connectivity index (χ0n) is 11.3. The molecule has 0 aliphatic rings. The van der Waals surface area contributed by atoms with Crippen molar-refractivity contribution in [2.45, 2.75) is 20.1 Å². The van der Waals surface area contributed by atoms with Gasteiger partial charge in [0.2, 0.25) is 0 Å². The number of benzene rings is 1. The van der Waals surface area contributed by atoms with E-state index in [-0.39, 0.29) is 0 Å². The maximum absolute atomic E-state index is 5.89. The van der Waals surface area contributed by atoms with E-state index in [0.29, 0.717) is 24.7 Å². The third kappa shape index (κ3) is 2.38. The third-order valence-corrected chi connectivity index (χ3v) is 3.11. The van der Waals surface area contributed by atoms with Crippen LogP contribution in [0.5, 0.6) is 5.75 Å². The highest BCUT2D eigenvalue weighted by Crippen LogP contribution is 2.33. The lowest BCUT2D eigenvalue weighted by Crippen LogP contribution is -2.02. The summed E-state index contributed by atoms with van der Waals surface area (Å²) >= 11 is 0. The van der Waals surface area contributed by atoms with Crippen LogP contribution in [0.2, 0.25) is 0 Å². The maximum Gasteiger partial charge on any atom is 0.170 e. The average molecular weight is 268 g/mol. The summed E-state index contributed by atoms with van der Waals surface area (Å²) in [6, 6.07) is 13.6. The van der Waals surface area contributed by atoms with Gasteiger partial charge in [0.1, 0.15) is 12.2 Å². The second-order valence-corrected chi connectivity index (χ2v) is 4.61. The van der Waals surface area contributed by atoms with E-state index in [1.807, 2.05) is 49.4 Å². The molecule has 2 heterocycles. The molecule has 102 valence electrons. The first-order valence-corrected chi connectivity index (χ1v) is 6.53. The first kappa shape index (κ1) is 12.7. The minimum absolute atomic E-state index is 0.311. The van der Waals surface area contributed by atoms with Crippen LogP contribution < -0.4 is 10.5 Å². The molecule has 4 nitrogen and oxygen atoms in total. The molecule has 0 aliphatic heterocycles. The summed E-state index contributed by atoms with van der Waals surface area (Å²) in [7, 11) is 0. The number of hydrogen-bond acceptors (Lipinski definition) is 4. The van der Waals surface area contributed by atoms with Gasteiger partial charge >= 0.3 is 0 Å². The molecule has 0 fully saturated rings. The van der Waals surface area contributed by atoms with Gasteiger partial charge in [-0.05, 0) is 31.2 Å². The number of aryl methyl sites for hydroxylation is 1. The van der Waals surface area contributed by atoms with Gasteiger partial charge in [-0.15, -0.1) is 0 Å². The fraction of sp³-hybridized carbons (Fsp3) is 0.188. The Labute approximate surface area is 117 Å². The molecule has 1 aromatic carbocycles. The normalized spacial score (nSPS) is 10.9. The van der Waals surface area contributed by atoms with Crippen molar-refractivity contribution in [3.8, 4) is 5.75 Å². The number of furan rings is 1. The Morgan fingerprint density at radius 2 is 2.00 bits per heavy atom. The number of rotatable bonds is 4. The number of ether oxygens (including phenoxy) is 1. The van der Waals surface area contributed by atoms with Crippen LogP contribution >= 0.6 is 0 Å². The molecule has 20 heavy (non-hydrogen) atoms. The molecule has 3 rings (SSSR count). The van der Waals surface area contributed by atoms with Crippen LogP contribution in [-0.4, -0.2) is 4.98 Å². The summed E-state index contributed by atoms with van der Waals surface area (Å²) in [5.74, 6) is 1.38. The predicted molar refractivity (Wildman–Crippen MR) is 77.4 cm³/mol. The summed E-state index contributed by atoms with van der Waals surface area (Å²) in [6.45, 7) is 2.67. The van der Waals surface area contributed by atoms with Crippen molar-refractivity contribution < 1.29 is 9.15 Å². The monoisotopic (exact) mass is 268 g/mol. The van der Waals surface area contributed by atoms with Crippen LogP contribution in [-0.2, 0) is 13.2 Å². The molecule has 2 aromatic heterocycles. The molecule has 0 spiro atoms. The lowest BCUT2D eigenvalue weighted by molar-refractivity contribution is 0.294. The van der Waals surface area contributed by atoms with E-state index in [4.69, 9.17) is 14.9 Å².